The molecule has 0 aromatic carbocycles. The first-order chi connectivity index (χ1) is 9.79. The molecule has 22 heavy (non-hydrogen) atoms. The highest BCUT2D eigenvalue weighted by Crippen LogP contribution is 2.60. The molecule has 0 saturated carbocycles. The van der Waals surface area contributed by atoms with Crippen LogP contribution in [0.1, 0.15) is 74.7 Å². The van der Waals surface area contributed by atoms with E-state index in [1.54, 1.807) is 0 Å². The van der Waals surface area contributed by atoms with Gasteiger partial charge >= 0.3 is 0 Å². The molecule has 0 amide bonds. The molecule has 1 nitrogen and oxygen atoms in total. The predicted octanol–water partition coefficient (Wildman–Crippen LogP) is 6.02. The monoisotopic (exact) mass is 300 g/mol. The SMILES string of the molecule is C=C(C)C1(C)CC(C(C)(C)C)=C1C1=C(C)C(=O)CC(C)(C)C1. The summed E-state index contributed by atoms with van der Waals surface area (Å²) in [6, 6.07) is 0. The van der Waals surface area contributed by atoms with Crippen molar-refractivity contribution in [3.8, 4) is 0 Å². The molecule has 2 rings (SSSR count). The first-order valence-electron chi connectivity index (χ1n) is 8.43. The minimum atomic E-state index is 0.0346. The number of carbonyl (C=O) groups is 1. The Morgan fingerprint density at radius 1 is 1.09 bits per heavy atom. The van der Waals surface area contributed by atoms with Gasteiger partial charge in [0.2, 0.25) is 0 Å². The molecule has 0 aromatic rings. The Bertz CT molecular complexity index is 604. The molecular formula is C21H32O. The summed E-state index contributed by atoms with van der Waals surface area (Å²) in [5.41, 5.74) is 6.70. The van der Waals surface area contributed by atoms with E-state index in [2.05, 4.69) is 55.0 Å². The molecule has 0 aromatic heterocycles. The minimum absolute atomic E-state index is 0.0346. The maximum atomic E-state index is 12.5. The van der Waals surface area contributed by atoms with Crippen LogP contribution in [-0.4, -0.2) is 5.78 Å². The summed E-state index contributed by atoms with van der Waals surface area (Å²) in [4.78, 5) is 12.5. The van der Waals surface area contributed by atoms with Gasteiger partial charge in [0.15, 0.2) is 5.78 Å². The quantitative estimate of drug-likeness (QED) is 0.570. The van der Waals surface area contributed by atoms with E-state index in [1.807, 2.05) is 6.92 Å². The van der Waals surface area contributed by atoms with Crippen molar-refractivity contribution in [3.05, 3.63) is 34.4 Å². The van der Waals surface area contributed by atoms with Crippen LogP contribution in [0.2, 0.25) is 0 Å². The molecule has 0 N–H and O–H groups in total. The van der Waals surface area contributed by atoms with E-state index in [0.717, 1.165) is 18.4 Å². The summed E-state index contributed by atoms with van der Waals surface area (Å²) < 4.78 is 0. The van der Waals surface area contributed by atoms with Gasteiger partial charge in [-0.05, 0) is 54.2 Å². The van der Waals surface area contributed by atoms with Crippen molar-refractivity contribution < 1.29 is 4.79 Å². The molecule has 0 saturated heterocycles. The lowest BCUT2D eigenvalue weighted by Crippen LogP contribution is -2.40. The van der Waals surface area contributed by atoms with Gasteiger partial charge in [-0.25, -0.2) is 0 Å². The number of hydrogen-bond acceptors (Lipinski definition) is 1. The summed E-state index contributed by atoms with van der Waals surface area (Å²) in [6.45, 7) is 22.0. The van der Waals surface area contributed by atoms with Gasteiger partial charge in [-0.15, -0.1) is 0 Å². The standard InChI is InChI=1S/C21H32O/c1-13(2)21(9)11-16(19(4,5)6)18(21)15-10-20(7,8)12-17(22)14(15)3/h1,10-12H2,2-9H3. The Labute approximate surface area is 136 Å². The normalized spacial score (nSPS) is 28.8. The van der Waals surface area contributed by atoms with E-state index in [9.17, 15) is 4.79 Å². The van der Waals surface area contributed by atoms with E-state index in [0.29, 0.717) is 12.2 Å². The molecule has 0 spiro atoms. The fourth-order valence-corrected chi connectivity index (χ4v) is 3.96. The van der Waals surface area contributed by atoms with Crippen molar-refractivity contribution in [1.29, 1.82) is 0 Å². The average Bonchev–Trinajstić information content (AvgIpc) is 2.29. The average molecular weight is 300 g/mol. The van der Waals surface area contributed by atoms with Gasteiger partial charge in [-0.1, -0.05) is 59.3 Å². The number of allylic oxidation sites excluding steroid dienone is 5. The van der Waals surface area contributed by atoms with Crippen molar-refractivity contribution in [1.82, 2.24) is 0 Å². The molecule has 2 aliphatic carbocycles. The smallest absolute Gasteiger partial charge is 0.159 e. The van der Waals surface area contributed by atoms with Crippen molar-refractivity contribution in [3.63, 3.8) is 0 Å². The van der Waals surface area contributed by atoms with E-state index in [4.69, 9.17) is 0 Å². The molecule has 0 fully saturated rings. The first-order valence-corrected chi connectivity index (χ1v) is 8.43. The summed E-state index contributed by atoms with van der Waals surface area (Å²) in [6.07, 6.45) is 2.75. The lowest BCUT2D eigenvalue weighted by atomic mass is 9.52. The second-order valence-electron chi connectivity index (χ2n) is 9.44. The Morgan fingerprint density at radius 3 is 2.09 bits per heavy atom. The van der Waals surface area contributed by atoms with Gasteiger partial charge in [0.1, 0.15) is 0 Å². The fraction of sp³-hybridized carbons (Fsp3) is 0.667. The second kappa shape index (κ2) is 4.94. The zero-order valence-electron chi connectivity index (χ0n) is 15.7. The number of carbonyl (C=O) groups excluding carboxylic acids is 1. The van der Waals surface area contributed by atoms with Crippen LogP contribution in [0, 0.1) is 16.2 Å². The second-order valence-corrected chi connectivity index (χ2v) is 9.44. The predicted molar refractivity (Wildman–Crippen MR) is 94.7 cm³/mol. The van der Waals surface area contributed by atoms with Gasteiger partial charge in [-0.2, -0.15) is 0 Å². The number of ketones is 1. The summed E-state index contributed by atoms with van der Waals surface area (Å²) in [7, 11) is 0. The Balaban J connectivity index is 2.67. The maximum absolute atomic E-state index is 12.5. The van der Waals surface area contributed by atoms with Crippen molar-refractivity contribution >= 4 is 5.78 Å². The van der Waals surface area contributed by atoms with E-state index >= 15 is 0 Å². The van der Waals surface area contributed by atoms with Crippen LogP contribution in [0.5, 0.6) is 0 Å². The largest absolute Gasteiger partial charge is 0.295 e. The zero-order valence-corrected chi connectivity index (χ0v) is 15.7. The van der Waals surface area contributed by atoms with Crippen LogP contribution in [0.3, 0.4) is 0 Å². The molecule has 0 heterocycles. The number of Topliss-reactive ketones (excluding diaryl/α,β-unsaturated/α-hetero) is 1. The van der Waals surface area contributed by atoms with Crippen LogP contribution in [0.15, 0.2) is 34.4 Å². The van der Waals surface area contributed by atoms with Crippen LogP contribution < -0.4 is 0 Å². The van der Waals surface area contributed by atoms with Gasteiger partial charge in [-0.3, -0.25) is 4.79 Å². The van der Waals surface area contributed by atoms with E-state index in [1.165, 1.54) is 22.3 Å². The van der Waals surface area contributed by atoms with Crippen molar-refractivity contribution in [2.75, 3.05) is 0 Å². The maximum Gasteiger partial charge on any atom is 0.159 e. The first kappa shape index (κ1) is 17.2. The molecule has 0 radical (unpaired) electrons. The van der Waals surface area contributed by atoms with Crippen LogP contribution in [0.4, 0.5) is 0 Å². The van der Waals surface area contributed by atoms with Gasteiger partial charge < -0.3 is 0 Å². The van der Waals surface area contributed by atoms with Crippen LogP contribution in [-0.2, 0) is 4.79 Å². The minimum Gasteiger partial charge on any atom is -0.295 e. The zero-order chi connectivity index (χ0) is 17.1. The molecule has 1 unspecified atom stereocenters. The molecule has 0 bridgehead atoms. The Morgan fingerprint density at radius 2 is 1.64 bits per heavy atom. The topological polar surface area (TPSA) is 17.1 Å². The highest BCUT2D eigenvalue weighted by molar-refractivity contribution is 5.98. The lowest BCUT2D eigenvalue weighted by Gasteiger charge is -2.52. The fourth-order valence-electron chi connectivity index (χ4n) is 3.96. The molecule has 2 aliphatic rings. The van der Waals surface area contributed by atoms with E-state index < -0.39 is 0 Å². The molecule has 122 valence electrons. The third-order valence-electron chi connectivity index (χ3n) is 5.70. The molecule has 1 heteroatoms. The lowest BCUT2D eigenvalue weighted by molar-refractivity contribution is -0.118. The van der Waals surface area contributed by atoms with Crippen LogP contribution in [0.25, 0.3) is 0 Å². The molecule has 0 aliphatic heterocycles. The van der Waals surface area contributed by atoms with Gasteiger partial charge in [0, 0.05) is 11.8 Å². The molecule has 1 atom stereocenters. The van der Waals surface area contributed by atoms with E-state index in [-0.39, 0.29) is 16.2 Å². The third kappa shape index (κ3) is 2.64. The van der Waals surface area contributed by atoms with Crippen LogP contribution >= 0.6 is 0 Å². The van der Waals surface area contributed by atoms with Crippen molar-refractivity contribution in [2.45, 2.75) is 74.7 Å². The summed E-state index contributed by atoms with van der Waals surface area (Å²) in [5, 5.41) is 0. The highest BCUT2D eigenvalue weighted by atomic mass is 16.1. The van der Waals surface area contributed by atoms with Gasteiger partial charge in [0.25, 0.3) is 0 Å². The number of rotatable bonds is 2. The molecular weight excluding hydrogens is 268 g/mol. The Kier molecular flexibility index (Phi) is 3.88. The van der Waals surface area contributed by atoms with Gasteiger partial charge in [0.05, 0.1) is 0 Å². The number of hydrogen-bond donors (Lipinski definition) is 0. The third-order valence-corrected chi connectivity index (χ3v) is 5.70. The summed E-state index contributed by atoms with van der Waals surface area (Å²) >= 11 is 0. The van der Waals surface area contributed by atoms with Crippen molar-refractivity contribution in [2.24, 2.45) is 16.2 Å². The Hall–Kier alpha value is -1.11. The summed E-state index contributed by atoms with van der Waals surface area (Å²) in [5.74, 6) is 0.322. The highest BCUT2D eigenvalue weighted by Gasteiger charge is 2.48.